The van der Waals surface area contributed by atoms with Gasteiger partial charge in [-0.2, -0.15) is 0 Å². The Bertz CT molecular complexity index is 667. The first-order valence-corrected chi connectivity index (χ1v) is 10.3. The number of rotatable bonds is 6. The number of aryl methyl sites for hydroxylation is 1. The standard InChI is InChI=1S/C21H32N4O3/c1-17-7-3-4-8-19(17)28-16-18(2)22-21(27)25-13-11-23(12-14-25)15-20(26)24-9-5-6-10-24/h3-4,7-8,18H,5-6,9-16H2,1-2H3,(H,22,27)/t18-/m0/s1. The molecule has 3 amide bonds. The Morgan fingerprint density at radius 2 is 1.71 bits per heavy atom. The molecule has 0 saturated carbocycles. The Morgan fingerprint density at radius 1 is 1.04 bits per heavy atom. The molecule has 1 atom stereocenters. The Labute approximate surface area is 167 Å². The van der Waals surface area contributed by atoms with Gasteiger partial charge in [0.1, 0.15) is 12.4 Å². The summed E-state index contributed by atoms with van der Waals surface area (Å²) in [6.45, 7) is 9.40. The van der Waals surface area contributed by atoms with Crippen LogP contribution in [0.4, 0.5) is 4.79 Å². The van der Waals surface area contributed by atoms with Crippen molar-refractivity contribution < 1.29 is 14.3 Å². The molecule has 7 nitrogen and oxygen atoms in total. The molecular weight excluding hydrogens is 356 g/mol. The highest BCUT2D eigenvalue weighted by Gasteiger charge is 2.25. The van der Waals surface area contributed by atoms with Crippen LogP contribution >= 0.6 is 0 Å². The first-order chi connectivity index (χ1) is 13.5. The zero-order valence-electron chi connectivity index (χ0n) is 17.0. The van der Waals surface area contributed by atoms with E-state index >= 15 is 0 Å². The summed E-state index contributed by atoms with van der Waals surface area (Å²) in [7, 11) is 0. The van der Waals surface area contributed by atoms with E-state index in [0.717, 1.165) is 50.3 Å². The predicted molar refractivity (Wildman–Crippen MR) is 108 cm³/mol. The third-order valence-corrected chi connectivity index (χ3v) is 5.43. The molecule has 0 spiro atoms. The van der Waals surface area contributed by atoms with E-state index in [1.807, 2.05) is 47.9 Å². The second-order valence-electron chi connectivity index (χ2n) is 7.78. The maximum absolute atomic E-state index is 12.5. The number of para-hydroxylation sites is 1. The SMILES string of the molecule is Cc1ccccc1OC[C@H](C)NC(=O)N1CCN(CC(=O)N2CCCC2)CC1. The van der Waals surface area contributed by atoms with Crippen LogP contribution in [-0.2, 0) is 4.79 Å². The molecule has 3 rings (SSSR count). The fraction of sp³-hybridized carbons (Fsp3) is 0.619. The Kier molecular flexibility index (Phi) is 7.14. The molecule has 0 bridgehead atoms. The summed E-state index contributed by atoms with van der Waals surface area (Å²) in [4.78, 5) is 30.7. The van der Waals surface area contributed by atoms with E-state index in [1.165, 1.54) is 0 Å². The number of carbonyl (C=O) groups is 2. The van der Waals surface area contributed by atoms with Gasteiger partial charge >= 0.3 is 6.03 Å². The zero-order chi connectivity index (χ0) is 19.9. The van der Waals surface area contributed by atoms with E-state index in [-0.39, 0.29) is 18.0 Å². The number of nitrogens with zero attached hydrogens (tertiary/aromatic N) is 3. The number of hydrogen-bond acceptors (Lipinski definition) is 4. The van der Waals surface area contributed by atoms with Gasteiger partial charge in [-0.25, -0.2) is 4.79 Å². The van der Waals surface area contributed by atoms with Crippen LogP contribution in [-0.4, -0.2) is 85.1 Å². The van der Waals surface area contributed by atoms with Gasteiger partial charge in [0.05, 0.1) is 12.6 Å². The lowest BCUT2D eigenvalue weighted by molar-refractivity contribution is -0.131. The summed E-state index contributed by atoms with van der Waals surface area (Å²) in [6, 6.07) is 7.72. The summed E-state index contributed by atoms with van der Waals surface area (Å²) < 4.78 is 5.81. The number of likely N-dealkylation sites (tertiary alicyclic amines) is 1. The summed E-state index contributed by atoms with van der Waals surface area (Å²) in [5.74, 6) is 1.07. The first kappa shape index (κ1) is 20.5. The molecule has 0 aliphatic carbocycles. The number of urea groups is 1. The fourth-order valence-electron chi connectivity index (χ4n) is 3.64. The molecule has 2 aliphatic heterocycles. The monoisotopic (exact) mass is 388 g/mol. The molecule has 1 aromatic carbocycles. The van der Waals surface area contributed by atoms with Crippen molar-refractivity contribution in [3.8, 4) is 5.75 Å². The highest BCUT2D eigenvalue weighted by Crippen LogP contribution is 2.16. The normalized spacial score (nSPS) is 18.8. The van der Waals surface area contributed by atoms with Crippen molar-refractivity contribution in [2.45, 2.75) is 32.7 Å². The molecule has 0 aromatic heterocycles. The molecule has 0 unspecified atom stereocenters. The molecule has 2 saturated heterocycles. The van der Waals surface area contributed by atoms with Crippen LogP contribution in [0.3, 0.4) is 0 Å². The van der Waals surface area contributed by atoms with E-state index in [4.69, 9.17) is 4.74 Å². The van der Waals surface area contributed by atoms with Gasteiger partial charge in [0.25, 0.3) is 0 Å². The van der Waals surface area contributed by atoms with Gasteiger partial charge in [-0.15, -0.1) is 0 Å². The maximum atomic E-state index is 12.5. The molecule has 1 aromatic rings. The first-order valence-electron chi connectivity index (χ1n) is 10.3. The lowest BCUT2D eigenvalue weighted by Crippen LogP contribution is -2.55. The van der Waals surface area contributed by atoms with Crippen LogP contribution in [0.15, 0.2) is 24.3 Å². The van der Waals surface area contributed by atoms with Gasteiger partial charge in [-0.3, -0.25) is 9.69 Å². The smallest absolute Gasteiger partial charge is 0.317 e. The van der Waals surface area contributed by atoms with Crippen molar-refractivity contribution in [2.24, 2.45) is 0 Å². The molecular formula is C21H32N4O3. The number of hydrogen-bond donors (Lipinski definition) is 1. The van der Waals surface area contributed by atoms with E-state index in [0.29, 0.717) is 26.2 Å². The quantitative estimate of drug-likeness (QED) is 0.806. The second kappa shape index (κ2) is 9.78. The molecule has 1 N–H and O–H groups in total. The summed E-state index contributed by atoms with van der Waals surface area (Å²) in [6.07, 6.45) is 2.23. The lowest BCUT2D eigenvalue weighted by Gasteiger charge is -2.35. The number of benzene rings is 1. The minimum absolute atomic E-state index is 0.0635. The minimum atomic E-state index is -0.0816. The number of piperazine rings is 1. The molecule has 28 heavy (non-hydrogen) atoms. The molecule has 2 aliphatic rings. The van der Waals surface area contributed by atoms with E-state index < -0.39 is 0 Å². The zero-order valence-corrected chi connectivity index (χ0v) is 17.0. The van der Waals surface area contributed by atoms with E-state index in [1.54, 1.807) is 0 Å². The van der Waals surface area contributed by atoms with Crippen LogP contribution in [0.25, 0.3) is 0 Å². The lowest BCUT2D eigenvalue weighted by atomic mass is 10.2. The molecule has 2 heterocycles. The van der Waals surface area contributed by atoms with Gasteiger partial charge in [0.15, 0.2) is 0 Å². The predicted octanol–water partition coefficient (Wildman–Crippen LogP) is 1.71. The Hall–Kier alpha value is -2.28. The third-order valence-electron chi connectivity index (χ3n) is 5.43. The van der Waals surface area contributed by atoms with Crippen LogP contribution in [0.1, 0.15) is 25.3 Å². The number of ether oxygens (including phenoxy) is 1. The van der Waals surface area contributed by atoms with Crippen molar-refractivity contribution in [1.82, 2.24) is 20.0 Å². The van der Waals surface area contributed by atoms with Crippen LogP contribution in [0.5, 0.6) is 5.75 Å². The number of amides is 3. The molecule has 154 valence electrons. The third kappa shape index (κ3) is 5.61. The van der Waals surface area contributed by atoms with Gasteiger partial charge in [-0.1, -0.05) is 18.2 Å². The van der Waals surface area contributed by atoms with Crippen molar-refractivity contribution in [1.29, 1.82) is 0 Å². The summed E-state index contributed by atoms with van der Waals surface area (Å²) in [5.41, 5.74) is 1.08. The highest BCUT2D eigenvalue weighted by molar-refractivity contribution is 5.78. The Balaban J connectivity index is 1.36. The van der Waals surface area contributed by atoms with Crippen LogP contribution in [0.2, 0.25) is 0 Å². The maximum Gasteiger partial charge on any atom is 0.317 e. The van der Waals surface area contributed by atoms with Gasteiger partial charge in [0, 0.05) is 39.3 Å². The molecule has 0 radical (unpaired) electrons. The van der Waals surface area contributed by atoms with Crippen molar-refractivity contribution in [3.05, 3.63) is 29.8 Å². The average Bonchev–Trinajstić information content (AvgIpc) is 3.23. The average molecular weight is 389 g/mol. The summed E-state index contributed by atoms with van der Waals surface area (Å²) in [5, 5.41) is 3.01. The second-order valence-corrected chi connectivity index (χ2v) is 7.78. The van der Waals surface area contributed by atoms with Crippen LogP contribution in [0, 0.1) is 6.92 Å². The van der Waals surface area contributed by atoms with Crippen molar-refractivity contribution >= 4 is 11.9 Å². The minimum Gasteiger partial charge on any atom is -0.491 e. The van der Waals surface area contributed by atoms with Crippen LogP contribution < -0.4 is 10.1 Å². The summed E-state index contributed by atoms with van der Waals surface area (Å²) >= 11 is 0. The molecule has 2 fully saturated rings. The largest absolute Gasteiger partial charge is 0.491 e. The van der Waals surface area contributed by atoms with Crippen molar-refractivity contribution in [3.63, 3.8) is 0 Å². The number of carbonyl (C=O) groups excluding carboxylic acids is 2. The van der Waals surface area contributed by atoms with Gasteiger partial charge in [0.2, 0.25) is 5.91 Å². The van der Waals surface area contributed by atoms with Crippen molar-refractivity contribution in [2.75, 3.05) is 52.4 Å². The molecule has 7 heteroatoms. The van der Waals surface area contributed by atoms with E-state index in [9.17, 15) is 9.59 Å². The van der Waals surface area contributed by atoms with E-state index in [2.05, 4.69) is 10.2 Å². The van der Waals surface area contributed by atoms with Gasteiger partial charge in [-0.05, 0) is 38.3 Å². The van der Waals surface area contributed by atoms with Gasteiger partial charge < -0.3 is 19.9 Å². The fourth-order valence-corrected chi connectivity index (χ4v) is 3.64. The topological polar surface area (TPSA) is 65.1 Å². The number of nitrogens with one attached hydrogen (secondary N) is 1. The Morgan fingerprint density at radius 3 is 2.39 bits per heavy atom. The highest BCUT2D eigenvalue weighted by atomic mass is 16.5.